The van der Waals surface area contributed by atoms with Gasteiger partial charge in [0.2, 0.25) is 0 Å². The first-order chi connectivity index (χ1) is 18.2. The number of carbonyl (C=O) groups is 1. The summed E-state index contributed by atoms with van der Waals surface area (Å²) in [6, 6.07) is 18.0. The lowest BCUT2D eigenvalue weighted by Crippen LogP contribution is -2.18. The number of halogens is 3. The fraction of sp³-hybridized carbons (Fsp3) is 0.250. The van der Waals surface area contributed by atoms with Crippen LogP contribution in [0.2, 0.25) is 0 Å². The quantitative estimate of drug-likeness (QED) is 0.265. The minimum atomic E-state index is -4.93. The summed E-state index contributed by atoms with van der Waals surface area (Å²) in [4.78, 5) is 15.8. The van der Waals surface area contributed by atoms with Gasteiger partial charge in [-0.25, -0.2) is 14.5 Å². The van der Waals surface area contributed by atoms with Gasteiger partial charge in [0.25, 0.3) is 0 Å². The van der Waals surface area contributed by atoms with Gasteiger partial charge in [0.15, 0.2) is 11.5 Å². The number of hydrogen-bond acceptors (Lipinski definition) is 5. The average Bonchev–Trinajstić information content (AvgIpc) is 3.35. The molecule has 38 heavy (non-hydrogen) atoms. The van der Waals surface area contributed by atoms with Crippen molar-refractivity contribution in [2.75, 3.05) is 13.2 Å². The Morgan fingerprint density at radius 2 is 1.79 bits per heavy atom. The number of carboxylic acid groups (broad SMARTS) is 1. The number of ether oxygens (including phenoxy) is 1. The number of nitrogens with zero attached hydrogens (tertiary/aromatic N) is 3. The van der Waals surface area contributed by atoms with Crippen molar-refractivity contribution in [3.05, 3.63) is 94.8 Å². The molecule has 0 bridgehead atoms. The van der Waals surface area contributed by atoms with Gasteiger partial charge < -0.3 is 14.9 Å². The lowest BCUT2D eigenvalue weighted by molar-refractivity contribution is -0.143. The number of benzene rings is 2. The average molecular weight is 526 g/mol. The largest absolute Gasteiger partial charge is 0.493 e. The van der Waals surface area contributed by atoms with Gasteiger partial charge in [-0.3, -0.25) is 0 Å². The predicted molar refractivity (Wildman–Crippen MR) is 135 cm³/mol. The number of aromatic nitrogens is 3. The molecule has 0 aliphatic rings. The predicted octanol–water partition coefficient (Wildman–Crippen LogP) is 5.51. The van der Waals surface area contributed by atoms with E-state index < -0.39 is 23.4 Å². The Morgan fingerprint density at radius 1 is 1.03 bits per heavy atom. The van der Waals surface area contributed by atoms with E-state index in [0.29, 0.717) is 36.0 Å². The Balaban J connectivity index is 1.60. The molecule has 4 aromatic rings. The van der Waals surface area contributed by atoms with E-state index in [1.807, 2.05) is 49.4 Å². The molecule has 0 saturated carbocycles. The third-order valence-corrected chi connectivity index (χ3v) is 6.06. The SMILES string of the molecule is Cc1cc(OCCCO)ccc1CCc1ccccc1-c1cccc(-n2ncc(C(=O)O)c2C(F)(F)F)n1. The molecule has 0 atom stereocenters. The van der Waals surface area contributed by atoms with Crippen LogP contribution in [0, 0.1) is 6.92 Å². The summed E-state index contributed by atoms with van der Waals surface area (Å²) < 4.78 is 47.3. The minimum Gasteiger partial charge on any atom is -0.493 e. The molecule has 198 valence electrons. The monoisotopic (exact) mass is 525 g/mol. The topological polar surface area (TPSA) is 97.5 Å². The molecule has 0 saturated heterocycles. The third kappa shape index (κ3) is 6.03. The van der Waals surface area contributed by atoms with Crippen LogP contribution in [0.4, 0.5) is 13.2 Å². The maximum atomic E-state index is 13.7. The first kappa shape index (κ1) is 26.9. The van der Waals surface area contributed by atoms with E-state index in [9.17, 15) is 23.1 Å². The van der Waals surface area contributed by atoms with Gasteiger partial charge in [0.1, 0.15) is 11.3 Å². The molecule has 2 heterocycles. The van der Waals surface area contributed by atoms with Crippen molar-refractivity contribution in [3.63, 3.8) is 0 Å². The number of alkyl halides is 3. The molecule has 0 unspecified atom stereocenters. The Labute approximate surface area is 217 Å². The number of aliphatic hydroxyl groups is 1. The molecule has 7 nitrogen and oxygen atoms in total. The van der Waals surface area contributed by atoms with Crippen LogP contribution in [0.5, 0.6) is 5.75 Å². The molecule has 2 aromatic heterocycles. The number of carboxylic acids is 1. The van der Waals surface area contributed by atoms with Crippen LogP contribution in [0.1, 0.15) is 39.2 Å². The second kappa shape index (κ2) is 11.5. The lowest BCUT2D eigenvalue weighted by atomic mass is 9.96. The molecular formula is C28H26F3N3O4. The number of rotatable bonds is 10. The molecule has 0 aliphatic heterocycles. The number of pyridine rings is 1. The van der Waals surface area contributed by atoms with Crippen LogP contribution >= 0.6 is 0 Å². The summed E-state index contributed by atoms with van der Waals surface area (Å²) in [6.07, 6.45) is -2.31. The molecule has 4 rings (SSSR count). The highest BCUT2D eigenvalue weighted by atomic mass is 19.4. The van der Waals surface area contributed by atoms with E-state index in [0.717, 1.165) is 34.4 Å². The van der Waals surface area contributed by atoms with Gasteiger partial charge in [0.05, 0.1) is 18.5 Å². The van der Waals surface area contributed by atoms with Crippen molar-refractivity contribution in [1.82, 2.24) is 14.8 Å². The van der Waals surface area contributed by atoms with E-state index in [4.69, 9.17) is 9.84 Å². The van der Waals surface area contributed by atoms with E-state index in [2.05, 4.69) is 10.1 Å². The van der Waals surface area contributed by atoms with Crippen molar-refractivity contribution in [3.8, 4) is 22.8 Å². The molecule has 2 aromatic carbocycles. The van der Waals surface area contributed by atoms with Crippen molar-refractivity contribution in [1.29, 1.82) is 0 Å². The van der Waals surface area contributed by atoms with E-state index >= 15 is 0 Å². The molecular weight excluding hydrogens is 499 g/mol. The first-order valence-electron chi connectivity index (χ1n) is 12.0. The van der Waals surface area contributed by atoms with Crippen LogP contribution in [-0.4, -0.2) is 44.2 Å². The van der Waals surface area contributed by atoms with Crippen molar-refractivity contribution in [2.45, 2.75) is 32.4 Å². The van der Waals surface area contributed by atoms with E-state index in [1.165, 1.54) is 6.07 Å². The zero-order valence-corrected chi connectivity index (χ0v) is 20.6. The summed E-state index contributed by atoms with van der Waals surface area (Å²) in [5.74, 6) is -1.11. The van der Waals surface area contributed by atoms with Crippen molar-refractivity contribution < 1.29 is 32.9 Å². The number of aryl methyl sites for hydroxylation is 3. The second-order valence-corrected chi connectivity index (χ2v) is 8.67. The third-order valence-electron chi connectivity index (χ3n) is 6.06. The van der Waals surface area contributed by atoms with E-state index in [-0.39, 0.29) is 12.4 Å². The normalized spacial score (nSPS) is 11.5. The zero-order chi connectivity index (χ0) is 27.3. The summed E-state index contributed by atoms with van der Waals surface area (Å²) in [7, 11) is 0. The summed E-state index contributed by atoms with van der Waals surface area (Å²) in [5, 5.41) is 21.8. The molecule has 2 N–H and O–H groups in total. The maximum absolute atomic E-state index is 13.7. The molecule has 0 fully saturated rings. The Kier molecular flexibility index (Phi) is 8.11. The second-order valence-electron chi connectivity index (χ2n) is 8.67. The lowest BCUT2D eigenvalue weighted by Gasteiger charge is -2.14. The van der Waals surface area contributed by atoms with Gasteiger partial charge in [0, 0.05) is 18.6 Å². The van der Waals surface area contributed by atoms with Crippen LogP contribution in [0.3, 0.4) is 0 Å². The zero-order valence-electron chi connectivity index (χ0n) is 20.6. The first-order valence-corrected chi connectivity index (χ1v) is 12.0. The highest BCUT2D eigenvalue weighted by Crippen LogP contribution is 2.34. The Hall–Kier alpha value is -4.18. The molecule has 0 amide bonds. The number of aliphatic hydroxyl groups excluding tert-OH is 1. The standard InChI is InChI=1S/C28H26F3N3O4/c1-18-16-21(38-15-5-14-35)13-12-19(18)10-11-20-6-2-3-7-22(20)24-8-4-9-25(33-24)34-26(28(29,30)31)23(17-32-34)27(36)37/h2-4,6-9,12-13,16-17,35H,5,10-11,14-15H2,1H3,(H,36,37). The van der Waals surface area contributed by atoms with Crippen molar-refractivity contribution in [2.24, 2.45) is 0 Å². The fourth-order valence-corrected chi connectivity index (χ4v) is 4.19. The van der Waals surface area contributed by atoms with Crippen LogP contribution in [0.25, 0.3) is 17.1 Å². The van der Waals surface area contributed by atoms with Gasteiger partial charge in [-0.05, 0) is 60.7 Å². The molecule has 0 spiro atoms. The van der Waals surface area contributed by atoms with Gasteiger partial charge in [-0.2, -0.15) is 18.3 Å². The van der Waals surface area contributed by atoms with Gasteiger partial charge in [-0.1, -0.05) is 36.4 Å². The summed E-state index contributed by atoms with van der Waals surface area (Å²) >= 11 is 0. The number of aromatic carboxylic acids is 1. The maximum Gasteiger partial charge on any atom is 0.434 e. The molecule has 0 radical (unpaired) electrons. The summed E-state index contributed by atoms with van der Waals surface area (Å²) in [6.45, 7) is 2.51. The van der Waals surface area contributed by atoms with E-state index in [1.54, 1.807) is 12.1 Å². The van der Waals surface area contributed by atoms with Crippen LogP contribution < -0.4 is 4.74 Å². The van der Waals surface area contributed by atoms with Crippen LogP contribution in [-0.2, 0) is 19.0 Å². The number of hydrogen-bond donors (Lipinski definition) is 2. The minimum absolute atomic E-state index is 0.0725. The van der Waals surface area contributed by atoms with Crippen LogP contribution in [0.15, 0.2) is 66.9 Å². The molecule has 0 aliphatic carbocycles. The highest BCUT2D eigenvalue weighted by Gasteiger charge is 2.41. The molecule has 10 heteroatoms. The Bertz CT molecular complexity index is 1430. The van der Waals surface area contributed by atoms with Gasteiger partial charge >= 0.3 is 12.1 Å². The summed E-state index contributed by atoms with van der Waals surface area (Å²) in [5.41, 5.74) is 2.04. The Morgan fingerprint density at radius 3 is 2.50 bits per heavy atom. The smallest absolute Gasteiger partial charge is 0.434 e. The fourth-order valence-electron chi connectivity index (χ4n) is 4.19. The van der Waals surface area contributed by atoms with Gasteiger partial charge in [-0.15, -0.1) is 0 Å². The highest BCUT2D eigenvalue weighted by molar-refractivity contribution is 5.89. The van der Waals surface area contributed by atoms with Crippen molar-refractivity contribution >= 4 is 5.97 Å².